The summed E-state index contributed by atoms with van der Waals surface area (Å²) in [5.41, 5.74) is 36.9. The topological polar surface area (TPSA) is 419 Å². The fourth-order valence-corrected chi connectivity index (χ4v) is 16.3. The third-order valence-corrected chi connectivity index (χ3v) is 23.3. The zero-order valence-electron chi connectivity index (χ0n) is 71.8. The first-order valence-electron chi connectivity index (χ1n) is 43.5. The van der Waals surface area contributed by atoms with E-state index in [1.807, 2.05) is 41.8 Å². The lowest BCUT2D eigenvalue weighted by Gasteiger charge is -2.32. The number of aromatic amines is 2. The zero-order chi connectivity index (χ0) is 85.6. The highest BCUT2D eigenvalue weighted by atomic mass is 16.5. The van der Waals surface area contributed by atoms with Crippen molar-refractivity contribution in [1.29, 1.82) is 0 Å². The number of nitrogens with two attached hydrogens (primary N) is 4. The monoisotopic (exact) mass is 1680 g/mol. The van der Waals surface area contributed by atoms with Gasteiger partial charge in [-0.3, -0.25) is 23.8 Å². The maximum Gasteiger partial charge on any atom is 0.328 e. The van der Waals surface area contributed by atoms with Crippen LogP contribution in [0.5, 0.6) is 24.0 Å². The highest BCUT2D eigenvalue weighted by Crippen LogP contribution is 2.31. The number of nitrogens with one attached hydrogen (secondary N) is 3. The Balaban J connectivity index is 0.000000134. The summed E-state index contributed by atoms with van der Waals surface area (Å²) in [6.45, 7) is 22.2. The SMILES string of the molecule is CCCCOc1nc(N)c2[nH]c(=O)n(Cc3cccc(CN4CCCCC4)c3)c2n1.COCCOc1nc(N)c2[nH]c(=O)n(Cc3cccc(CNCC4(O)CCCCC4)c3)c2n1.COCCOc1nc(N)c2ncn(Cc3cccc(CN4CCN(C)CC4)c3)c2n1.Cc1nc2c(N)nc(OCC3CCC3)nc2n1Cc1cccc(CN2CCCC2)c1. The summed E-state index contributed by atoms with van der Waals surface area (Å²) in [6.07, 6.45) is 19.0. The van der Waals surface area contributed by atoms with E-state index in [-0.39, 0.29) is 47.7 Å². The van der Waals surface area contributed by atoms with Crippen LogP contribution in [0.4, 0.5) is 23.3 Å². The standard InChI is InChI=1S/C23H32N6O4.C23H30N6O.C22H30N6O2.C21H29N7O2/c1-32-10-11-33-21-27-19(24)18-20(28-21)29(22(30)26-18)14-17-7-5-6-16(12-17)13-25-15-23(31)8-3-2-4-9-23;1-16-25-20-21(24)26-23(30-15-17-6-4-7-17)27-22(20)29(16)14-19-9-5-8-18(12-19)13-28-10-2-3-11-28;1-2-3-12-30-21-25-19(23)18-20(26-21)28(22(29)24-18)15-17-9-7-8-16(13-17)14-27-10-5-4-6-11-27;1-26-6-8-27(9-7-26)13-16-4-3-5-17(12-16)14-28-15-23-18-19(22)24-21(25-20(18)28)30-11-10-29-2/h5-7,12,25,31H,2-4,8-11,13-15H2,1H3,(H,26,30)(H2,24,27,28);5,8-9,12,17H,2-4,6-7,10-11,13-15H2,1H3,(H2,24,26,27);7-9,13H,2-6,10-12,14-15H2,1H3,(H,24,29)(H2,23,25,26);3-5,12,15H,6-11,13-14H2,1-2H3,(H2,22,24,25). The number of piperidine rings is 1. The molecule has 2 aliphatic carbocycles. The van der Waals surface area contributed by atoms with E-state index in [9.17, 15) is 14.7 Å². The molecule has 34 heteroatoms. The van der Waals surface area contributed by atoms with E-state index in [1.165, 1.54) is 103 Å². The molecular formula is C89H121N25O9. The number of anilines is 4. The molecule has 656 valence electrons. The van der Waals surface area contributed by atoms with E-state index in [0.29, 0.717) is 135 Å². The Hall–Kier alpha value is -11.2. The summed E-state index contributed by atoms with van der Waals surface area (Å²) in [7, 11) is 5.37. The van der Waals surface area contributed by atoms with E-state index < -0.39 is 5.60 Å². The number of nitrogen functional groups attached to an aromatic ring is 4. The minimum absolute atomic E-state index is 0.100. The summed E-state index contributed by atoms with van der Waals surface area (Å²) in [6, 6.07) is 34.8. The highest BCUT2D eigenvalue weighted by molar-refractivity contribution is 5.84. The number of piperazine rings is 1. The number of unbranched alkanes of at least 4 members (excludes halogenated alkanes) is 1. The minimum atomic E-state index is -0.601. The predicted molar refractivity (Wildman–Crippen MR) is 476 cm³/mol. The van der Waals surface area contributed by atoms with E-state index in [0.717, 1.165) is 126 Å². The summed E-state index contributed by atoms with van der Waals surface area (Å²) in [5.74, 6) is 2.58. The van der Waals surface area contributed by atoms with Gasteiger partial charge in [-0.05, 0) is 148 Å². The second-order valence-corrected chi connectivity index (χ2v) is 33.0. The normalized spacial score (nSPS) is 16.0. The van der Waals surface area contributed by atoms with Crippen LogP contribution in [0.2, 0.25) is 0 Å². The van der Waals surface area contributed by atoms with Gasteiger partial charge in [-0.15, -0.1) is 0 Å². The number of hydrogen-bond acceptors (Lipinski definition) is 28. The Labute approximate surface area is 716 Å². The molecule has 4 aromatic carbocycles. The van der Waals surface area contributed by atoms with Gasteiger partial charge in [-0.2, -0.15) is 39.9 Å². The van der Waals surface area contributed by atoms with Crippen molar-refractivity contribution in [2.45, 2.75) is 168 Å². The van der Waals surface area contributed by atoms with Gasteiger partial charge in [0.15, 0.2) is 56.9 Å². The number of H-pyrrole nitrogens is 2. The van der Waals surface area contributed by atoms with Crippen molar-refractivity contribution in [2.75, 3.05) is 143 Å². The lowest BCUT2D eigenvalue weighted by atomic mass is 9.85. The highest BCUT2D eigenvalue weighted by Gasteiger charge is 2.29. The van der Waals surface area contributed by atoms with Crippen LogP contribution in [-0.4, -0.2) is 228 Å². The number of nitrogens with zero attached hydrogens (tertiary/aromatic N) is 18. The van der Waals surface area contributed by atoms with Gasteiger partial charge in [0.25, 0.3) is 0 Å². The van der Waals surface area contributed by atoms with Crippen LogP contribution < -0.4 is 58.6 Å². The molecule has 12 aromatic rings. The van der Waals surface area contributed by atoms with Gasteiger partial charge >= 0.3 is 35.4 Å². The summed E-state index contributed by atoms with van der Waals surface area (Å²) in [5, 5.41) is 14.1. The quantitative estimate of drug-likeness (QED) is 0.0178. The first kappa shape index (κ1) is 88.1. The number of rotatable bonds is 33. The maximum atomic E-state index is 12.6. The van der Waals surface area contributed by atoms with Gasteiger partial charge in [0.1, 0.15) is 30.1 Å². The molecule has 0 radical (unpaired) electrons. The predicted octanol–water partition coefficient (Wildman–Crippen LogP) is 9.24. The molecule has 2 saturated carbocycles. The van der Waals surface area contributed by atoms with Gasteiger partial charge in [-0.1, -0.05) is 143 Å². The van der Waals surface area contributed by atoms with Crippen LogP contribution in [-0.2, 0) is 61.8 Å². The van der Waals surface area contributed by atoms with Crippen molar-refractivity contribution in [2.24, 2.45) is 5.92 Å². The minimum Gasteiger partial charge on any atom is -0.463 e. The first-order valence-corrected chi connectivity index (χ1v) is 43.5. The second-order valence-electron chi connectivity index (χ2n) is 33.0. The van der Waals surface area contributed by atoms with E-state index in [4.69, 9.17) is 51.4 Å². The Morgan fingerprint density at radius 1 is 0.463 bits per heavy atom. The molecule has 17 rings (SSSR count). The van der Waals surface area contributed by atoms with Crippen molar-refractivity contribution in [3.05, 3.63) is 175 Å². The second kappa shape index (κ2) is 42.7. The average molecular weight is 1690 g/mol. The van der Waals surface area contributed by atoms with Crippen molar-refractivity contribution >= 4 is 67.9 Å². The number of ether oxygens (including phenoxy) is 6. The molecule has 11 heterocycles. The Kier molecular flexibility index (Phi) is 30.6. The average Bonchev–Trinajstić information content (AvgIpc) is 1.65. The summed E-state index contributed by atoms with van der Waals surface area (Å²) < 4.78 is 39.7. The lowest BCUT2D eigenvalue weighted by molar-refractivity contribution is 0.00466. The van der Waals surface area contributed by atoms with Crippen molar-refractivity contribution < 1.29 is 33.5 Å². The molecule has 0 unspecified atom stereocenters. The van der Waals surface area contributed by atoms with Crippen LogP contribution in [0, 0.1) is 12.8 Å². The number of hydrogen-bond donors (Lipinski definition) is 8. The molecule has 8 aromatic heterocycles. The van der Waals surface area contributed by atoms with Crippen molar-refractivity contribution in [1.82, 2.24) is 103 Å². The molecule has 5 aliphatic rings. The van der Waals surface area contributed by atoms with Crippen LogP contribution in [0.25, 0.3) is 44.7 Å². The molecule has 123 heavy (non-hydrogen) atoms. The van der Waals surface area contributed by atoms with Crippen LogP contribution in [0.3, 0.4) is 0 Å². The van der Waals surface area contributed by atoms with E-state index >= 15 is 0 Å². The van der Waals surface area contributed by atoms with Gasteiger partial charge in [0.05, 0.1) is 64.5 Å². The zero-order valence-corrected chi connectivity index (χ0v) is 71.8. The summed E-state index contributed by atoms with van der Waals surface area (Å²) in [4.78, 5) is 84.4. The first-order chi connectivity index (χ1) is 59.9. The number of aliphatic hydroxyl groups is 1. The molecule has 0 amide bonds. The molecule has 34 nitrogen and oxygen atoms in total. The number of aryl methyl sites for hydroxylation is 1. The fourth-order valence-electron chi connectivity index (χ4n) is 16.3. The van der Waals surface area contributed by atoms with Gasteiger partial charge in [0, 0.05) is 73.1 Å². The lowest BCUT2D eigenvalue weighted by Crippen LogP contribution is -2.43. The van der Waals surface area contributed by atoms with Gasteiger partial charge in [-0.25, -0.2) is 19.6 Å². The number of methoxy groups -OCH3 is 2. The molecule has 12 N–H and O–H groups in total. The fraction of sp³-hybridized carbons (Fsp3) is 0.506. The number of likely N-dealkylation sites (tertiary alicyclic amines) is 2. The number of likely N-dealkylation sites (N-methyl/N-ethyl adjacent to an activating group) is 1. The Morgan fingerprint density at radius 2 is 0.894 bits per heavy atom. The summed E-state index contributed by atoms with van der Waals surface area (Å²) >= 11 is 0. The smallest absolute Gasteiger partial charge is 0.328 e. The van der Waals surface area contributed by atoms with Crippen molar-refractivity contribution in [3.8, 4) is 24.0 Å². The van der Waals surface area contributed by atoms with Gasteiger partial charge in [0.2, 0.25) is 0 Å². The third kappa shape index (κ3) is 24.0. The van der Waals surface area contributed by atoms with E-state index in [2.05, 4.69) is 170 Å². The molecule has 3 aliphatic heterocycles. The molecular weight excluding hydrogens is 1560 g/mol. The number of benzene rings is 4. The van der Waals surface area contributed by atoms with Crippen LogP contribution >= 0.6 is 0 Å². The van der Waals surface area contributed by atoms with Crippen molar-refractivity contribution in [3.63, 3.8) is 0 Å². The van der Waals surface area contributed by atoms with Crippen LogP contribution in [0.1, 0.15) is 154 Å². The van der Waals surface area contributed by atoms with E-state index in [1.54, 1.807) is 25.1 Å². The largest absolute Gasteiger partial charge is 0.463 e. The maximum absolute atomic E-state index is 12.6. The third-order valence-electron chi connectivity index (χ3n) is 23.3. The molecule has 0 spiro atoms. The molecule has 0 atom stereocenters. The molecule has 3 saturated heterocycles. The molecule has 0 bridgehead atoms. The number of fused-ring (bicyclic) bond motifs is 4. The Morgan fingerprint density at radius 3 is 1.41 bits per heavy atom. The van der Waals surface area contributed by atoms with Crippen LogP contribution in [0.15, 0.2) is 113 Å². The number of imidazole rings is 4. The molecule has 5 fully saturated rings. The number of aromatic nitrogens is 16. The Bertz CT molecular complexity index is 5560. The van der Waals surface area contributed by atoms with Gasteiger partial charge < -0.3 is 85.8 Å².